The molecule has 0 bridgehead atoms. The molecule has 0 aromatic carbocycles. The normalized spacial score (nSPS) is 11.9. The number of aryl methyl sites for hydroxylation is 1. The molecule has 0 saturated carbocycles. The summed E-state index contributed by atoms with van der Waals surface area (Å²) in [7, 11) is 1.69. The molecule has 4 nitrogen and oxygen atoms in total. The van der Waals surface area contributed by atoms with Gasteiger partial charge in [-0.2, -0.15) is 4.37 Å². The van der Waals surface area contributed by atoms with Gasteiger partial charge in [0, 0.05) is 22.9 Å². The van der Waals surface area contributed by atoms with Gasteiger partial charge >= 0.3 is 0 Å². The van der Waals surface area contributed by atoms with E-state index in [2.05, 4.69) is 16.3 Å². The minimum atomic E-state index is -3.39. The maximum absolute atomic E-state index is 10.6. The van der Waals surface area contributed by atoms with Crippen LogP contribution >= 0.6 is 34.0 Å². The molecule has 1 rings (SSSR count). The Hall–Kier alpha value is 0.150. The summed E-state index contributed by atoms with van der Waals surface area (Å²) in [6, 6.07) is 0. The lowest BCUT2D eigenvalue weighted by atomic mass is 10.3. The predicted octanol–water partition coefficient (Wildman–Crippen LogP) is 2.15. The maximum atomic E-state index is 10.6. The fraction of sp³-hybridized carbons (Fsp3) is 0.714. The van der Waals surface area contributed by atoms with Crippen LogP contribution in [0.1, 0.15) is 19.2 Å². The first-order chi connectivity index (χ1) is 7.01. The van der Waals surface area contributed by atoms with Crippen LogP contribution in [0.2, 0.25) is 0 Å². The molecule has 0 spiro atoms. The summed E-state index contributed by atoms with van der Waals surface area (Å²) in [5.41, 5.74) is 0. The molecule has 0 unspecified atom stereocenters. The highest BCUT2D eigenvalue weighted by molar-refractivity contribution is 8.14. The highest BCUT2D eigenvalue weighted by Crippen LogP contribution is 2.21. The minimum absolute atomic E-state index is 0.0398. The average Bonchev–Trinajstić information content (AvgIpc) is 2.51. The van der Waals surface area contributed by atoms with Gasteiger partial charge < -0.3 is 0 Å². The molecule has 0 aliphatic heterocycles. The van der Waals surface area contributed by atoms with Crippen LogP contribution < -0.4 is 0 Å². The van der Waals surface area contributed by atoms with Gasteiger partial charge in [0.25, 0.3) is 0 Å². The van der Waals surface area contributed by atoms with Crippen molar-refractivity contribution in [1.82, 2.24) is 9.36 Å². The van der Waals surface area contributed by atoms with Crippen molar-refractivity contribution >= 4 is 43.0 Å². The Bertz CT molecular complexity index is 404. The van der Waals surface area contributed by atoms with Crippen molar-refractivity contribution < 1.29 is 8.42 Å². The molecule has 0 radical (unpaired) electrons. The molecule has 0 atom stereocenters. The summed E-state index contributed by atoms with van der Waals surface area (Å²) < 4.78 is 26.2. The third kappa shape index (κ3) is 5.70. The van der Waals surface area contributed by atoms with Crippen LogP contribution in [0, 0.1) is 0 Å². The van der Waals surface area contributed by atoms with Gasteiger partial charge in [-0.3, -0.25) is 0 Å². The van der Waals surface area contributed by atoms with Crippen LogP contribution in [-0.2, 0) is 15.5 Å². The van der Waals surface area contributed by atoms with E-state index in [1.54, 1.807) is 0 Å². The first kappa shape index (κ1) is 13.2. The Morgan fingerprint density at radius 2 is 2.27 bits per heavy atom. The Kier molecular flexibility index (Phi) is 5.31. The Balaban J connectivity index is 2.38. The van der Waals surface area contributed by atoms with Crippen LogP contribution in [0.4, 0.5) is 0 Å². The van der Waals surface area contributed by atoms with E-state index < -0.39 is 9.05 Å². The molecule has 0 amide bonds. The monoisotopic (exact) mass is 286 g/mol. The Morgan fingerprint density at radius 1 is 1.53 bits per heavy atom. The molecule has 15 heavy (non-hydrogen) atoms. The third-order valence-electron chi connectivity index (χ3n) is 1.48. The summed E-state index contributed by atoms with van der Waals surface area (Å²) in [5.74, 6) is 1.22. The zero-order valence-corrected chi connectivity index (χ0v) is 11.3. The number of hydrogen-bond donors (Lipinski definition) is 0. The Morgan fingerprint density at radius 3 is 2.87 bits per heavy atom. The molecule has 0 N–H and O–H groups in total. The molecule has 8 heteroatoms. The van der Waals surface area contributed by atoms with Crippen LogP contribution in [0.25, 0.3) is 0 Å². The second-order valence-electron chi connectivity index (χ2n) is 2.82. The van der Waals surface area contributed by atoms with Gasteiger partial charge in [0.05, 0.1) is 5.75 Å². The first-order valence-electron chi connectivity index (χ1n) is 4.39. The topological polar surface area (TPSA) is 59.9 Å². The van der Waals surface area contributed by atoms with Crippen molar-refractivity contribution in [1.29, 1.82) is 0 Å². The lowest BCUT2D eigenvalue weighted by Gasteiger charge is -1.93. The van der Waals surface area contributed by atoms with E-state index in [1.165, 1.54) is 23.3 Å². The Labute approximate surface area is 102 Å². The van der Waals surface area contributed by atoms with E-state index in [1.807, 2.05) is 0 Å². The third-order valence-corrected chi connectivity index (χ3v) is 4.76. The number of thioether (sulfide) groups is 1. The molecule has 1 aromatic rings. The maximum Gasteiger partial charge on any atom is 0.233 e. The van der Waals surface area contributed by atoms with E-state index in [0.717, 1.165) is 23.0 Å². The molecular weight excluding hydrogens is 276 g/mol. The smallest absolute Gasteiger partial charge is 0.213 e. The molecule has 0 aliphatic rings. The molecule has 86 valence electrons. The van der Waals surface area contributed by atoms with Gasteiger partial charge in [0.15, 0.2) is 4.34 Å². The number of hydrogen-bond acceptors (Lipinski definition) is 6. The van der Waals surface area contributed by atoms with Gasteiger partial charge in [0.2, 0.25) is 9.05 Å². The van der Waals surface area contributed by atoms with Gasteiger partial charge in [0.1, 0.15) is 5.82 Å². The van der Waals surface area contributed by atoms with E-state index in [0.29, 0.717) is 5.75 Å². The highest BCUT2D eigenvalue weighted by Gasteiger charge is 2.08. The van der Waals surface area contributed by atoms with Crippen molar-refractivity contribution in [3.63, 3.8) is 0 Å². The SMILES string of the molecule is CCCc1nsc(SCCS(=O)(=O)Cl)n1. The second-order valence-corrected chi connectivity index (χ2v) is 7.81. The number of aromatic nitrogens is 2. The zero-order chi connectivity index (χ0) is 11.3. The van der Waals surface area contributed by atoms with E-state index >= 15 is 0 Å². The van der Waals surface area contributed by atoms with Crippen molar-refractivity contribution in [2.45, 2.75) is 24.1 Å². The average molecular weight is 287 g/mol. The highest BCUT2D eigenvalue weighted by atomic mass is 35.7. The first-order valence-corrected chi connectivity index (χ1v) is 8.62. The van der Waals surface area contributed by atoms with Crippen LogP contribution in [-0.4, -0.2) is 29.3 Å². The fourth-order valence-corrected chi connectivity index (χ4v) is 3.93. The molecule has 1 aromatic heterocycles. The van der Waals surface area contributed by atoms with Gasteiger partial charge in [-0.25, -0.2) is 13.4 Å². The number of nitrogens with zero attached hydrogens (tertiary/aromatic N) is 2. The van der Waals surface area contributed by atoms with Crippen molar-refractivity contribution in [3.8, 4) is 0 Å². The standard InChI is InChI=1S/C7H11ClN2O2S3/c1-2-3-6-9-7(14-10-6)13-4-5-15(8,11)12/h2-5H2,1H3. The van der Waals surface area contributed by atoms with Gasteiger partial charge in [-0.1, -0.05) is 18.7 Å². The second kappa shape index (κ2) is 6.03. The zero-order valence-electron chi connectivity index (χ0n) is 8.14. The lowest BCUT2D eigenvalue weighted by molar-refractivity contribution is 0.611. The van der Waals surface area contributed by atoms with E-state index in [-0.39, 0.29) is 5.75 Å². The van der Waals surface area contributed by atoms with E-state index in [4.69, 9.17) is 10.7 Å². The predicted molar refractivity (Wildman–Crippen MR) is 64.3 cm³/mol. The van der Waals surface area contributed by atoms with Crippen molar-refractivity contribution in [2.75, 3.05) is 11.5 Å². The van der Waals surface area contributed by atoms with Gasteiger partial charge in [-0.05, 0) is 18.0 Å². The quantitative estimate of drug-likeness (QED) is 0.592. The van der Waals surface area contributed by atoms with Crippen LogP contribution in [0.3, 0.4) is 0 Å². The molecule has 0 saturated heterocycles. The lowest BCUT2D eigenvalue weighted by Crippen LogP contribution is -1.99. The number of halogens is 1. The minimum Gasteiger partial charge on any atom is -0.213 e. The molecule has 0 aliphatic carbocycles. The van der Waals surface area contributed by atoms with Crippen LogP contribution in [0.15, 0.2) is 4.34 Å². The van der Waals surface area contributed by atoms with Crippen molar-refractivity contribution in [3.05, 3.63) is 5.82 Å². The molecule has 0 fully saturated rings. The summed E-state index contributed by atoms with van der Waals surface area (Å²) in [6.07, 6.45) is 1.88. The van der Waals surface area contributed by atoms with Crippen LogP contribution in [0.5, 0.6) is 0 Å². The van der Waals surface area contributed by atoms with E-state index in [9.17, 15) is 8.42 Å². The number of rotatable bonds is 6. The summed E-state index contributed by atoms with van der Waals surface area (Å²) >= 11 is 2.68. The fourth-order valence-electron chi connectivity index (χ4n) is 0.850. The molecular formula is C7H11ClN2O2S3. The summed E-state index contributed by atoms with van der Waals surface area (Å²) in [4.78, 5) is 4.25. The van der Waals surface area contributed by atoms with Gasteiger partial charge in [-0.15, -0.1) is 0 Å². The summed E-state index contributed by atoms with van der Waals surface area (Å²) in [6.45, 7) is 2.06. The van der Waals surface area contributed by atoms with Crippen molar-refractivity contribution in [2.24, 2.45) is 0 Å². The molecule has 1 heterocycles. The largest absolute Gasteiger partial charge is 0.233 e. The summed E-state index contributed by atoms with van der Waals surface area (Å²) in [5, 5.41) is 0.